The van der Waals surface area contributed by atoms with Crippen LogP contribution in [0.4, 0.5) is 0 Å². The molecule has 104 valence electrons. The Labute approximate surface area is 112 Å². The Kier molecular flexibility index (Phi) is 3.95. The molecule has 0 radical (unpaired) electrons. The number of carboxylic acid groups (broad SMARTS) is 1. The van der Waals surface area contributed by atoms with Gasteiger partial charge in [0.2, 0.25) is 0 Å². The van der Waals surface area contributed by atoms with E-state index in [1.807, 2.05) is 24.1 Å². The molecule has 1 heterocycles. The van der Waals surface area contributed by atoms with Gasteiger partial charge in [-0.3, -0.25) is 4.79 Å². The lowest BCUT2D eigenvalue weighted by molar-refractivity contribution is -0.141. The van der Waals surface area contributed by atoms with Crippen LogP contribution in [-0.2, 0) is 4.79 Å². The van der Waals surface area contributed by atoms with Crippen LogP contribution in [-0.4, -0.2) is 50.3 Å². The number of aliphatic carboxylic acids is 1. The summed E-state index contributed by atoms with van der Waals surface area (Å²) >= 11 is 0. The third kappa shape index (κ3) is 2.66. The van der Waals surface area contributed by atoms with Gasteiger partial charge in [-0.15, -0.1) is 0 Å². The Morgan fingerprint density at radius 2 is 2.05 bits per heavy atom. The highest BCUT2D eigenvalue weighted by Gasteiger charge is 2.38. The molecular formula is C14H19NO4. The van der Waals surface area contributed by atoms with Crippen molar-refractivity contribution in [3.8, 4) is 11.5 Å². The maximum absolute atomic E-state index is 11.4. The number of carbonyl (C=O) groups is 1. The number of likely N-dealkylation sites (N-methyl/N-ethyl adjacent to an activating group) is 1. The maximum atomic E-state index is 11.4. The number of carboxylic acids is 1. The van der Waals surface area contributed by atoms with Crippen LogP contribution in [0.5, 0.6) is 11.5 Å². The molecule has 0 aliphatic carbocycles. The van der Waals surface area contributed by atoms with Crippen molar-refractivity contribution in [2.75, 3.05) is 34.4 Å². The summed E-state index contributed by atoms with van der Waals surface area (Å²) in [5.74, 6) is 0.188. The third-order valence-corrected chi connectivity index (χ3v) is 3.66. The first-order valence-corrected chi connectivity index (χ1v) is 6.20. The Morgan fingerprint density at radius 1 is 1.32 bits per heavy atom. The molecule has 1 aromatic rings. The summed E-state index contributed by atoms with van der Waals surface area (Å²) < 4.78 is 10.5. The van der Waals surface area contributed by atoms with Crippen LogP contribution in [0.1, 0.15) is 11.5 Å². The standard InChI is InChI=1S/C14H19NO4/c1-15-7-11(12(8-15)14(16)17)10-5-4-9(18-2)6-13(10)19-3/h4-6,11-12H,7-8H2,1-3H3,(H,16,17). The Bertz CT molecular complexity index is 475. The quantitative estimate of drug-likeness (QED) is 0.892. The van der Waals surface area contributed by atoms with Gasteiger partial charge in [0, 0.05) is 25.1 Å². The van der Waals surface area contributed by atoms with Crippen LogP contribution < -0.4 is 9.47 Å². The normalized spacial score (nSPS) is 23.3. The summed E-state index contributed by atoms with van der Waals surface area (Å²) in [4.78, 5) is 13.4. The molecular weight excluding hydrogens is 246 g/mol. The average molecular weight is 265 g/mol. The summed E-state index contributed by atoms with van der Waals surface area (Å²) in [6, 6.07) is 5.54. The average Bonchev–Trinajstić information content (AvgIpc) is 2.80. The van der Waals surface area contributed by atoms with E-state index < -0.39 is 11.9 Å². The highest BCUT2D eigenvalue weighted by molar-refractivity contribution is 5.72. The molecule has 1 aromatic carbocycles. The van der Waals surface area contributed by atoms with E-state index in [4.69, 9.17) is 9.47 Å². The van der Waals surface area contributed by atoms with Crippen LogP contribution in [0.25, 0.3) is 0 Å². The number of nitrogens with zero attached hydrogens (tertiary/aromatic N) is 1. The first-order chi connectivity index (χ1) is 9.06. The number of benzene rings is 1. The molecule has 2 atom stereocenters. The molecule has 1 N–H and O–H groups in total. The zero-order valence-electron chi connectivity index (χ0n) is 11.4. The van der Waals surface area contributed by atoms with Gasteiger partial charge in [0.15, 0.2) is 0 Å². The summed E-state index contributed by atoms with van der Waals surface area (Å²) in [5.41, 5.74) is 0.931. The van der Waals surface area contributed by atoms with Crippen LogP contribution >= 0.6 is 0 Å². The number of ether oxygens (including phenoxy) is 2. The third-order valence-electron chi connectivity index (χ3n) is 3.66. The smallest absolute Gasteiger partial charge is 0.308 e. The van der Waals surface area contributed by atoms with Crippen molar-refractivity contribution in [1.29, 1.82) is 0 Å². The lowest BCUT2D eigenvalue weighted by atomic mass is 9.88. The molecule has 2 unspecified atom stereocenters. The molecule has 5 nitrogen and oxygen atoms in total. The molecule has 0 aromatic heterocycles. The van der Waals surface area contributed by atoms with Gasteiger partial charge >= 0.3 is 5.97 Å². The van der Waals surface area contributed by atoms with Crippen LogP contribution in [0.2, 0.25) is 0 Å². The van der Waals surface area contributed by atoms with E-state index in [1.165, 1.54) is 0 Å². The summed E-state index contributed by atoms with van der Waals surface area (Å²) in [6.45, 7) is 1.29. The molecule has 0 saturated carbocycles. The zero-order valence-corrected chi connectivity index (χ0v) is 11.4. The summed E-state index contributed by atoms with van der Waals surface area (Å²) in [6.07, 6.45) is 0. The second kappa shape index (κ2) is 5.48. The molecule has 5 heteroatoms. The predicted octanol–water partition coefficient (Wildman–Crippen LogP) is 1.43. The van der Waals surface area contributed by atoms with Crippen molar-refractivity contribution in [2.24, 2.45) is 5.92 Å². The minimum atomic E-state index is -0.757. The van der Waals surface area contributed by atoms with E-state index in [-0.39, 0.29) is 5.92 Å². The number of hydrogen-bond acceptors (Lipinski definition) is 4. The Balaban J connectivity index is 2.37. The predicted molar refractivity (Wildman–Crippen MR) is 70.9 cm³/mol. The highest BCUT2D eigenvalue weighted by Crippen LogP contribution is 2.38. The Hall–Kier alpha value is -1.75. The summed E-state index contributed by atoms with van der Waals surface area (Å²) in [5, 5.41) is 9.33. The molecule has 0 spiro atoms. The number of likely N-dealkylation sites (tertiary alicyclic amines) is 1. The molecule has 1 aliphatic heterocycles. The van der Waals surface area contributed by atoms with Crippen LogP contribution in [0, 0.1) is 5.92 Å². The van der Waals surface area contributed by atoms with Gasteiger partial charge in [0.25, 0.3) is 0 Å². The van der Waals surface area contributed by atoms with Crippen molar-refractivity contribution in [2.45, 2.75) is 5.92 Å². The minimum absolute atomic E-state index is 0.0524. The van der Waals surface area contributed by atoms with Gasteiger partial charge in [-0.2, -0.15) is 0 Å². The van der Waals surface area contributed by atoms with E-state index in [0.29, 0.717) is 18.0 Å². The van der Waals surface area contributed by atoms with E-state index in [2.05, 4.69) is 0 Å². The van der Waals surface area contributed by atoms with Crippen molar-refractivity contribution in [3.63, 3.8) is 0 Å². The first-order valence-electron chi connectivity index (χ1n) is 6.20. The SMILES string of the molecule is COc1ccc(C2CN(C)CC2C(=O)O)c(OC)c1. The molecule has 0 bridgehead atoms. The van der Waals surface area contributed by atoms with Crippen molar-refractivity contribution < 1.29 is 19.4 Å². The molecule has 19 heavy (non-hydrogen) atoms. The second-order valence-corrected chi connectivity index (χ2v) is 4.88. The topological polar surface area (TPSA) is 59.0 Å². The molecule has 1 fully saturated rings. The zero-order chi connectivity index (χ0) is 14.0. The number of methoxy groups -OCH3 is 2. The Morgan fingerprint density at radius 3 is 2.63 bits per heavy atom. The van der Waals surface area contributed by atoms with Gasteiger partial charge < -0.3 is 19.5 Å². The van der Waals surface area contributed by atoms with E-state index >= 15 is 0 Å². The first kappa shape index (κ1) is 13.7. The minimum Gasteiger partial charge on any atom is -0.497 e. The van der Waals surface area contributed by atoms with Crippen LogP contribution in [0.15, 0.2) is 18.2 Å². The highest BCUT2D eigenvalue weighted by atomic mass is 16.5. The molecule has 1 aliphatic rings. The van der Waals surface area contributed by atoms with Crippen molar-refractivity contribution in [3.05, 3.63) is 23.8 Å². The van der Waals surface area contributed by atoms with E-state index in [0.717, 1.165) is 12.1 Å². The lowest BCUT2D eigenvalue weighted by Crippen LogP contribution is -2.21. The number of hydrogen-bond donors (Lipinski definition) is 1. The largest absolute Gasteiger partial charge is 0.497 e. The van der Waals surface area contributed by atoms with Crippen LogP contribution in [0.3, 0.4) is 0 Å². The molecule has 1 saturated heterocycles. The van der Waals surface area contributed by atoms with Gasteiger partial charge in [0.05, 0.1) is 20.1 Å². The molecule has 2 rings (SSSR count). The van der Waals surface area contributed by atoms with Gasteiger partial charge in [0.1, 0.15) is 11.5 Å². The maximum Gasteiger partial charge on any atom is 0.308 e. The lowest BCUT2D eigenvalue weighted by Gasteiger charge is -2.18. The van der Waals surface area contributed by atoms with Crippen molar-refractivity contribution in [1.82, 2.24) is 4.90 Å². The fourth-order valence-electron chi connectivity index (χ4n) is 2.69. The fourth-order valence-corrected chi connectivity index (χ4v) is 2.69. The summed E-state index contributed by atoms with van der Waals surface area (Å²) in [7, 11) is 5.12. The number of rotatable bonds is 4. The van der Waals surface area contributed by atoms with Crippen molar-refractivity contribution >= 4 is 5.97 Å². The van der Waals surface area contributed by atoms with E-state index in [1.54, 1.807) is 20.3 Å². The van der Waals surface area contributed by atoms with Gasteiger partial charge in [-0.05, 0) is 18.7 Å². The second-order valence-electron chi connectivity index (χ2n) is 4.88. The fraction of sp³-hybridized carbons (Fsp3) is 0.500. The molecule has 0 amide bonds. The monoisotopic (exact) mass is 265 g/mol. The van der Waals surface area contributed by atoms with Gasteiger partial charge in [-0.1, -0.05) is 6.07 Å². The van der Waals surface area contributed by atoms with Gasteiger partial charge in [-0.25, -0.2) is 0 Å². The van der Waals surface area contributed by atoms with E-state index in [9.17, 15) is 9.90 Å².